The fraction of sp³-hybridized carbons (Fsp3) is 0.455. The third-order valence-electron chi connectivity index (χ3n) is 5.75. The summed E-state index contributed by atoms with van der Waals surface area (Å²) in [6.45, 7) is 4.63. The highest BCUT2D eigenvalue weighted by Crippen LogP contribution is 2.27. The molecule has 28 heavy (non-hydrogen) atoms. The SMILES string of the molecule is CN1CCN(c2ncccc2CN=C(N)Nc2cccc3c2CCCC3)CC1. The quantitative estimate of drug-likeness (QED) is 0.632. The van der Waals surface area contributed by atoms with Crippen LogP contribution >= 0.6 is 0 Å². The minimum absolute atomic E-state index is 0.465. The highest BCUT2D eigenvalue weighted by molar-refractivity contribution is 5.93. The Kier molecular flexibility index (Phi) is 5.76. The third kappa shape index (κ3) is 4.28. The Morgan fingerprint density at radius 2 is 1.93 bits per heavy atom. The molecule has 2 aromatic rings. The molecule has 3 N–H and O–H groups in total. The van der Waals surface area contributed by atoms with Crippen molar-refractivity contribution in [3.63, 3.8) is 0 Å². The van der Waals surface area contributed by atoms with Gasteiger partial charge in [-0.3, -0.25) is 0 Å². The maximum atomic E-state index is 6.23. The molecule has 1 saturated heterocycles. The topological polar surface area (TPSA) is 69.8 Å². The van der Waals surface area contributed by atoms with Crippen molar-refractivity contribution in [3.8, 4) is 0 Å². The first-order valence-corrected chi connectivity index (χ1v) is 10.3. The second-order valence-electron chi connectivity index (χ2n) is 7.75. The van der Waals surface area contributed by atoms with E-state index in [0.717, 1.165) is 56.1 Å². The molecule has 0 bridgehead atoms. The summed E-state index contributed by atoms with van der Waals surface area (Å²) in [4.78, 5) is 13.9. The van der Waals surface area contributed by atoms with Crippen LogP contribution in [-0.2, 0) is 19.4 Å². The highest BCUT2D eigenvalue weighted by atomic mass is 15.3. The van der Waals surface area contributed by atoms with Crippen molar-refractivity contribution in [2.24, 2.45) is 10.7 Å². The van der Waals surface area contributed by atoms with Crippen molar-refractivity contribution < 1.29 is 0 Å². The van der Waals surface area contributed by atoms with Gasteiger partial charge in [-0.25, -0.2) is 9.98 Å². The smallest absolute Gasteiger partial charge is 0.193 e. The van der Waals surface area contributed by atoms with Gasteiger partial charge in [0.05, 0.1) is 6.54 Å². The van der Waals surface area contributed by atoms with Crippen LogP contribution in [-0.4, -0.2) is 49.1 Å². The Hall–Kier alpha value is -2.60. The van der Waals surface area contributed by atoms with E-state index in [1.807, 2.05) is 12.3 Å². The number of benzene rings is 1. The molecule has 2 aliphatic rings. The van der Waals surface area contributed by atoms with Gasteiger partial charge in [0.25, 0.3) is 0 Å². The summed E-state index contributed by atoms with van der Waals surface area (Å²) in [5.41, 5.74) is 11.3. The maximum absolute atomic E-state index is 6.23. The first kappa shape index (κ1) is 18.7. The maximum Gasteiger partial charge on any atom is 0.193 e. The number of hydrogen-bond acceptors (Lipinski definition) is 4. The summed E-state index contributed by atoms with van der Waals surface area (Å²) in [5.74, 6) is 1.50. The number of aliphatic imine (C=N–C) groups is 1. The summed E-state index contributed by atoms with van der Waals surface area (Å²) in [7, 11) is 2.16. The lowest BCUT2D eigenvalue weighted by molar-refractivity contribution is 0.312. The van der Waals surface area contributed by atoms with E-state index in [9.17, 15) is 0 Å². The Bertz CT molecular complexity index is 839. The van der Waals surface area contributed by atoms with Crippen LogP contribution in [0.4, 0.5) is 11.5 Å². The molecule has 1 aromatic carbocycles. The van der Waals surface area contributed by atoms with Gasteiger partial charge in [-0.2, -0.15) is 0 Å². The first-order chi connectivity index (χ1) is 13.7. The Balaban J connectivity index is 1.46. The van der Waals surface area contributed by atoms with Crippen molar-refractivity contribution in [1.82, 2.24) is 9.88 Å². The number of likely N-dealkylation sites (N-methyl/N-ethyl adjacent to an activating group) is 1. The van der Waals surface area contributed by atoms with Gasteiger partial charge in [-0.05, 0) is 56.0 Å². The Morgan fingerprint density at radius 1 is 1.11 bits per heavy atom. The summed E-state index contributed by atoms with van der Waals surface area (Å²) in [6.07, 6.45) is 6.65. The number of nitrogens with one attached hydrogen (secondary N) is 1. The van der Waals surface area contributed by atoms with E-state index in [0.29, 0.717) is 12.5 Å². The third-order valence-corrected chi connectivity index (χ3v) is 5.75. The molecule has 1 aliphatic carbocycles. The van der Waals surface area contributed by atoms with E-state index in [4.69, 9.17) is 5.73 Å². The lowest BCUT2D eigenvalue weighted by Crippen LogP contribution is -2.45. The number of rotatable bonds is 4. The molecule has 0 amide bonds. The zero-order chi connectivity index (χ0) is 19.3. The van der Waals surface area contributed by atoms with Crippen molar-refractivity contribution in [3.05, 3.63) is 53.2 Å². The molecular formula is C22H30N6. The van der Waals surface area contributed by atoms with Crippen molar-refractivity contribution >= 4 is 17.5 Å². The van der Waals surface area contributed by atoms with Gasteiger partial charge in [-0.15, -0.1) is 0 Å². The van der Waals surface area contributed by atoms with Crippen LogP contribution < -0.4 is 16.0 Å². The van der Waals surface area contributed by atoms with Crippen LogP contribution in [0.5, 0.6) is 0 Å². The molecule has 4 rings (SSSR count). The normalized spacial score (nSPS) is 18.0. The zero-order valence-corrected chi connectivity index (χ0v) is 16.7. The van der Waals surface area contributed by atoms with Gasteiger partial charge >= 0.3 is 0 Å². The number of nitrogens with zero attached hydrogens (tertiary/aromatic N) is 4. The van der Waals surface area contributed by atoms with Crippen LogP contribution in [0.2, 0.25) is 0 Å². The lowest BCUT2D eigenvalue weighted by atomic mass is 9.90. The lowest BCUT2D eigenvalue weighted by Gasteiger charge is -2.34. The van der Waals surface area contributed by atoms with Gasteiger partial charge in [0.1, 0.15) is 5.82 Å². The highest BCUT2D eigenvalue weighted by Gasteiger charge is 2.18. The summed E-state index contributed by atoms with van der Waals surface area (Å²) in [5, 5.41) is 3.33. The molecule has 0 atom stereocenters. The van der Waals surface area contributed by atoms with Gasteiger partial charge in [0, 0.05) is 43.6 Å². The monoisotopic (exact) mass is 378 g/mol. The number of nitrogens with two attached hydrogens (primary N) is 1. The molecular weight excluding hydrogens is 348 g/mol. The van der Waals surface area contributed by atoms with Crippen LogP contribution in [0.3, 0.4) is 0 Å². The molecule has 1 fully saturated rings. The summed E-state index contributed by atoms with van der Waals surface area (Å²) < 4.78 is 0. The minimum atomic E-state index is 0.465. The number of pyridine rings is 1. The fourth-order valence-corrected chi connectivity index (χ4v) is 4.10. The van der Waals surface area contributed by atoms with Crippen molar-refractivity contribution in [2.75, 3.05) is 43.4 Å². The average Bonchev–Trinajstić information content (AvgIpc) is 2.73. The number of anilines is 2. The second kappa shape index (κ2) is 8.61. The molecule has 6 nitrogen and oxygen atoms in total. The van der Waals surface area contributed by atoms with E-state index < -0.39 is 0 Å². The zero-order valence-electron chi connectivity index (χ0n) is 16.7. The van der Waals surface area contributed by atoms with E-state index >= 15 is 0 Å². The molecule has 0 spiro atoms. The van der Waals surface area contributed by atoms with Gasteiger partial charge in [-0.1, -0.05) is 18.2 Å². The predicted molar refractivity (Wildman–Crippen MR) is 116 cm³/mol. The van der Waals surface area contributed by atoms with Crippen molar-refractivity contribution in [2.45, 2.75) is 32.2 Å². The van der Waals surface area contributed by atoms with Gasteiger partial charge in [0.2, 0.25) is 0 Å². The van der Waals surface area contributed by atoms with Crippen LogP contribution in [0.25, 0.3) is 0 Å². The number of hydrogen-bond donors (Lipinski definition) is 2. The van der Waals surface area contributed by atoms with Crippen LogP contribution in [0.1, 0.15) is 29.5 Å². The number of piperazine rings is 1. The minimum Gasteiger partial charge on any atom is -0.370 e. The standard InChI is InChI=1S/C22H30N6/c1-27-12-14-28(15-13-27)21-18(8-5-11-24-21)16-25-22(23)26-20-10-4-7-17-6-2-3-9-19(17)20/h4-5,7-8,10-11H,2-3,6,9,12-16H2,1H3,(H3,23,25,26). The summed E-state index contributed by atoms with van der Waals surface area (Å²) >= 11 is 0. The molecule has 0 unspecified atom stereocenters. The van der Waals surface area contributed by atoms with Crippen LogP contribution in [0.15, 0.2) is 41.5 Å². The van der Waals surface area contributed by atoms with Gasteiger partial charge in [0.15, 0.2) is 5.96 Å². The predicted octanol–water partition coefficient (Wildman–Crippen LogP) is 2.64. The summed E-state index contributed by atoms with van der Waals surface area (Å²) in [6, 6.07) is 10.5. The average molecular weight is 379 g/mol. The molecule has 148 valence electrons. The van der Waals surface area contributed by atoms with E-state index in [2.05, 4.69) is 56.4 Å². The molecule has 1 aromatic heterocycles. The van der Waals surface area contributed by atoms with E-state index in [1.54, 1.807) is 0 Å². The Morgan fingerprint density at radius 3 is 2.79 bits per heavy atom. The molecule has 0 saturated carbocycles. The van der Waals surface area contributed by atoms with Gasteiger partial charge < -0.3 is 20.9 Å². The second-order valence-corrected chi connectivity index (χ2v) is 7.75. The molecule has 0 radical (unpaired) electrons. The molecule has 1 aliphatic heterocycles. The largest absolute Gasteiger partial charge is 0.370 e. The first-order valence-electron chi connectivity index (χ1n) is 10.3. The van der Waals surface area contributed by atoms with E-state index in [1.165, 1.54) is 24.0 Å². The number of fused-ring (bicyclic) bond motifs is 1. The molecule has 6 heteroatoms. The van der Waals surface area contributed by atoms with Crippen LogP contribution in [0, 0.1) is 0 Å². The van der Waals surface area contributed by atoms with Crippen molar-refractivity contribution in [1.29, 1.82) is 0 Å². The number of guanidine groups is 1. The number of aromatic nitrogens is 1. The Labute approximate surface area is 167 Å². The fourth-order valence-electron chi connectivity index (χ4n) is 4.10. The molecule has 2 heterocycles. The van der Waals surface area contributed by atoms with E-state index in [-0.39, 0.29) is 0 Å². The number of aryl methyl sites for hydroxylation is 1.